The number of aromatic nitrogens is 2. The molecule has 4 heteroatoms. The Morgan fingerprint density at radius 1 is 1.30 bits per heavy atom. The Bertz CT molecular complexity index is 641. The highest BCUT2D eigenvalue weighted by Gasteiger charge is 2.18. The Morgan fingerprint density at radius 3 is 2.60 bits per heavy atom. The van der Waals surface area contributed by atoms with Crippen molar-refractivity contribution in [2.45, 2.75) is 33.6 Å². The molecule has 4 nitrogen and oxygen atoms in total. The van der Waals surface area contributed by atoms with Crippen LogP contribution in [0.3, 0.4) is 0 Å². The summed E-state index contributed by atoms with van der Waals surface area (Å²) in [5.74, 6) is 0.116. The number of carbonyl (C=O) groups is 1. The second-order valence-electron chi connectivity index (χ2n) is 5.53. The summed E-state index contributed by atoms with van der Waals surface area (Å²) >= 11 is 0. The Kier molecular flexibility index (Phi) is 3.93. The molecular weight excluding hydrogens is 250 g/mol. The maximum Gasteiger partial charge on any atom is 0.259 e. The molecule has 0 aliphatic rings. The predicted octanol–water partition coefficient (Wildman–Crippen LogP) is 3.41. The minimum atomic E-state index is -0.103. The van der Waals surface area contributed by atoms with Crippen LogP contribution in [0.15, 0.2) is 24.4 Å². The van der Waals surface area contributed by atoms with Gasteiger partial charge in [0.05, 0.1) is 11.3 Å². The number of nitrogens with one attached hydrogen (secondary N) is 1. The van der Waals surface area contributed by atoms with Gasteiger partial charge in [0.15, 0.2) is 0 Å². The van der Waals surface area contributed by atoms with E-state index in [0.717, 1.165) is 16.9 Å². The van der Waals surface area contributed by atoms with Crippen molar-refractivity contribution >= 4 is 11.6 Å². The SMILES string of the molecule is Cc1ccc(NC(=O)c2cn(C)nc2C(C)C)c(C)c1. The largest absolute Gasteiger partial charge is 0.322 e. The smallest absolute Gasteiger partial charge is 0.259 e. The zero-order valence-electron chi connectivity index (χ0n) is 12.7. The average Bonchev–Trinajstić information content (AvgIpc) is 2.75. The van der Waals surface area contributed by atoms with Gasteiger partial charge in [0.2, 0.25) is 0 Å². The molecule has 1 N–H and O–H groups in total. The van der Waals surface area contributed by atoms with E-state index in [9.17, 15) is 4.79 Å². The van der Waals surface area contributed by atoms with Gasteiger partial charge in [-0.2, -0.15) is 5.10 Å². The molecule has 0 aliphatic carbocycles. The Morgan fingerprint density at radius 2 is 2.00 bits per heavy atom. The van der Waals surface area contributed by atoms with E-state index in [2.05, 4.69) is 16.5 Å². The number of amides is 1. The first kappa shape index (κ1) is 14.3. The summed E-state index contributed by atoms with van der Waals surface area (Å²) in [7, 11) is 1.83. The molecule has 2 rings (SSSR count). The molecule has 0 saturated carbocycles. The van der Waals surface area contributed by atoms with Crippen LogP contribution < -0.4 is 5.32 Å². The number of nitrogens with zero attached hydrogens (tertiary/aromatic N) is 2. The highest BCUT2D eigenvalue weighted by atomic mass is 16.1. The van der Waals surface area contributed by atoms with Gasteiger partial charge < -0.3 is 5.32 Å². The molecule has 0 fully saturated rings. The van der Waals surface area contributed by atoms with Crippen molar-refractivity contribution in [3.05, 3.63) is 46.8 Å². The lowest BCUT2D eigenvalue weighted by Gasteiger charge is -2.10. The molecule has 1 aromatic carbocycles. The first-order valence-electron chi connectivity index (χ1n) is 6.80. The maximum atomic E-state index is 12.4. The minimum Gasteiger partial charge on any atom is -0.322 e. The molecule has 1 amide bonds. The third-order valence-corrected chi connectivity index (χ3v) is 3.28. The number of hydrogen-bond donors (Lipinski definition) is 1. The van der Waals surface area contributed by atoms with Gasteiger partial charge >= 0.3 is 0 Å². The average molecular weight is 271 g/mol. The van der Waals surface area contributed by atoms with Crippen molar-refractivity contribution in [3.8, 4) is 0 Å². The van der Waals surface area contributed by atoms with Crippen LogP contribution in [0.4, 0.5) is 5.69 Å². The first-order chi connectivity index (χ1) is 9.38. The summed E-state index contributed by atoms with van der Waals surface area (Å²) in [5.41, 5.74) is 4.56. The fourth-order valence-electron chi connectivity index (χ4n) is 2.25. The molecule has 0 bridgehead atoms. The normalized spacial score (nSPS) is 10.9. The van der Waals surface area contributed by atoms with Crippen molar-refractivity contribution in [3.63, 3.8) is 0 Å². The third-order valence-electron chi connectivity index (χ3n) is 3.28. The Balaban J connectivity index is 2.28. The standard InChI is InChI=1S/C16H21N3O/c1-10(2)15-13(9-19(5)18-15)16(20)17-14-7-6-11(3)8-12(14)4/h6-10H,1-5H3,(H,17,20). The van der Waals surface area contributed by atoms with Crippen LogP contribution in [-0.4, -0.2) is 15.7 Å². The van der Waals surface area contributed by atoms with Crippen LogP contribution in [0.25, 0.3) is 0 Å². The van der Waals surface area contributed by atoms with Gasteiger partial charge in [0.25, 0.3) is 5.91 Å². The molecule has 0 spiro atoms. The number of hydrogen-bond acceptors (Lipinski definition) is 2. The van der Waals surface area contributed by atoms with E-state index in [0.29, 0.717) is 5.56 Å². The Labute approximate surface area is 119 Å². The van der Waals surface area contributed by atoms with E-state index in [1.807, 2.05) is 46.9 Å². The van der Waals surface area contributed by atoms with Crippen LogP contribution >= 0.6 is 0 Å². The van der Waals surface area contributed by atoms with Crippen LogP contribution in [0, 0.1) is 13.8 Å². The van der Waals surface area contributed by atoms with Crippen molar-refractivity contribution in [1.29, 1.82) is 0 Å². The Hall–Kier alpha value is -2.10. The fourth-order valence-corrected chi connectivity index (χ4v) is 2.25. The molecule has 106 valence electrons. The quantitative estimate of drug-likeness (QED) is 0.930. The summed E-state index contributed by atoms with van der Waals surface area (Å²) in [6.45, 7) is 8.11. The number of benzene rings is 1. The minimum absolute atomic E-state index is 0.103. The van der Waals surface area contributed by atoms with E-state index in [4.69, 9.17) is 0 Å². The summed E-state index contributed by atoms with van der Waals surface area (Å²) in [4.78, 5) is 12.4. The molecule has 1 heterocycles. The topological polar surface area (TPSA) is 46.9 Å². The lowest BCUT2D eigenvalue weighted by atomic mass is 10.1. The molecular formula is C16H21N3O. The second kappa shape index (κ2) is 5.49. The van der Waals surface area contributed by atoms with Gasteiger partial charge in [-0.3, -0.25) is 9.48 Å². The van der Waals surface area contributed by atoms with Crippen molar-refractivity contribution in [2.75, 3.05) is 5.32 Å². The van der Waals surface area contributed by atoms with Gasteiger partial charge in [0, 0.05) is 18.9 Å². The first-order valence-corrected chi connectivity index (χ1v) is 6.80. The predicted molar refractivity (Wildman–Crippen MR) is 81.2 cm³/mol. The van der Waals surface area contributed by atoms with Gasteiger partial charge in [-0.05, 0) is 31.4 Å². The summed E-state index contributed by atoms with van der Waals surface area (Å²) in [5, 5.41) is 7.34. The van der Waals surface area contributed by atoms with Crippen LogP contribution in [0.5, 0.6) is 0 Å². The van der Waals surface area contributed by atoms with E-state index < -0.39 is 0 Å². The van der Waals surface area contributed by atoms with E-state index in [1.54, 1.807) is 10.9 Å². The number of rotatable bonds is 3. The number of aryl methyl sites for hydroxylation is 3. The summed E-state index contributed by atoms with van der Waals surface area (Å²) < 4.78 is 1.69. The lowest BCUT2D eigenvalue weighted by Crippen LogP contribution is -2.14. The zero-order valence-corrected chi connectivity index (χ0v) is 12.7. The van der Waals surface area contributed by atoms with Crippen molar-refractivity contribution < 1.29 is 4.79 Å². The van der Waals surface area contributed by atoms with E-state index >= 15 is 0 Å². The lowest BCUT2D eigenvalue weighted by molar-refractivity contribution is 0.102. The summed E-state index contributed by atoms with van der Waals surface area (Å²) in [6, 6.07) is 5.99. The van der Waals surface area contributed by atoms with E-state index in [-0.39, 0.29) is 11.8 Å². The molecule has 20 heavy (non-hydrogen) atoms. The maximum absolute atomic E-state index is 12.4. The van der Waals surface area contributed by atoms with Gasteiger partial charge in [-0.15, -0.1) is 0 Å². The molecule has 0 saturated heterocycles. The van der Waals surface area contributed by atoms with Crippen molar-refractivity contribution in [2.24, 2.45) is 7.05 Å². The molecule has 0 unspecified atom stereocenters. The number of carbonyl (C=O) groups excluding carboxylic acids is 1. The highest BCUT2D eigenvalue weighted by Crippen LogP contribution is 2.21. The molecule has 0 aliphatic heterocycles. The number of anilines is 1. The van der Waals surface area contributed by atoms with Crippen LogP contribution in [0.2, 0.25) is 0 Å². The van der Waals surface area contributed by atoms with Crippen molar-refractivity contribution in [1.82, 2.24) is 9.78 Å². The van der Waals surface area contributed by atoms with Gasteiger partial charge in [-0.1, -0.05) is 31.5 Å². The summed E-state index contributed by atoms with van der Waals surface area (Å²) in [6.07, 6.45) is 1.77. The third kappa shape index (κ3) is 2.90. The van der Waals surface area contributed by atoms with Gasteiger partial charge in [0.1, 0.15) is 0 Å². The second-order valence-corrected chi connectivity index (χ2v) is 5.53. The monoisotopic (exact) mass is 271 g/mol. The van der Waals surface area contributed by atoms with Crippen LogP contribution in [0.1, 0.15) is 46.9 Å². The molecule has 2 aromatic rings. The highest BCUT2D eigenvalue weighted by molar-refractivity contribution is 6.05. The van der Waals surface area contributed by atoms with E-state index in [1.165, 1.54) is 5.56 Å². The van der Waals surface area contributed by atoms with Crippen LogP contribution in [-0.2, 0) is 7.05 Å². The molecule has 1 aromatic heterocycles. The fraction of sp³-hybridized carbons (Fsp3) is 0.375. The van der Waals surface area contributed by atoms with Gasteiger partial charge in [-0.25, -0.2) is 0 Å². The zero-order chi connectivity index (χ0) is 14.9. The molecule has 0 atom stereocenters. The molecule has 0 radical (unpaired) electrons.